The molecule has 1 aromatic carbocycles. The van der Waals surface area contributed by atoms with Gasteiger partial charge in [-0.2, -0.15) is 0 Å². The van der Waals surface area contributed by atoms with E-state index in [9.17, 15) is 18.3 Å². The molecule has 1 heterocycles. The Balaban J connectivity index is 1.36. The third-order valence-electron chi connectivity index (χ3n) is 6.59. The Morgan fingerprint density at radius 2 is 2.00 bits per heavy atom. The van der Waals surface area contributed by atoms with Crippen molar-refractivity contribution in [1.82, 2.24) is 9.62 Å². The van der Waals surface area contributed by atoms with Crippen LogP contribution in [0, 0.1) is 31.6 Å². The molecule has 0 aromatic heterocycles. The Labute approximate surface area is 154 Å². The lowest BCUT2D eigenvalue weighted by Crippen LogP contribution is -2.44. The van der Waals surface area contributed by atoms with Crippen LogP contribution in [0.25, 0.3) is 0 Å². The number of aliphatic hydroxyl groups excluding tert-OH is 1. The van der Waals surface area contributed by atoms with Crippen LogP contribution in [0.1, 0.15) is 30.4 Å². The minimum Gasteiger partial charge on any atom is -0.391 e. The van der Waals surface area contributed by atoms with E-state index in [1.807, 2.05) is 13.8 Å². The van der Waals surface area contributed by atoms with Crippen LogP contribution < -0.4 is 4.72 Å². The Morgan fingerprint density at radius 1 is 1.23 bits per heavy atom. The number of aliphatic hydroxyl groups is 1. The SMILES string of the molecule is Cc1ccc(S(=O)(=O)NCCC(=O)N2C[C@@H]3C[C@H]4C[C@H]3[C@@H]2[C@H]4O)cc1C. The predicted octanol–water partition coefficient (Wildman–Crippen LogP) is 1.20. The fourth-order valence-electron chi connectivity index (χ4n) is 5.10. The van der Waals surface area contributed by atoms with E-state index in [1.165, 1.54) is 0 Å². The molecule has 7 heteroatoms. The third-order valence-corrected chi connectivity index (χ3v) is 8.05. The summed E-state index contributed by atoms with van der Waals surface area (Å²) in [4.78, 5) is 14.6. The molecule has 5 atom stereocenters. The molecule has 3 fully saturated rings. The van der Waals surface area contributed by atoms with Crippen LogP contribution >= 0.6 is 0 Å². The molecule has 2 N–H and O–H groups in total. The van der Waals surface area contributed by atoms with E-state index >= 15 is 0 Å². The second-order valence-electron chi connectivity index (χ2n) is 8.08. The van der Waals surface area contributed by atoms with Gasteiger partial charge < -0.3 is 10.0 Å². The van der Waals surface area contributed by atoms with E-state index in [-0.39, 0.29) is 29.8 Å². The molecule has 1 amide bonds. The average Bonchev–Trinajstić information content (AvgIpc) is 3.19. The smallest absolute Gasteiger partial charge is 0.240 e. The summed E-state index contributed by atoms with van der Waals surface area (Å²) in [5.41, 5.74) is 1.96. The highest BCUT2D eigenvalue weighted by molar-refractivity contribution is 7.89. The number of carbonyl (C=O) groups is 1. The van der Waals surface area contributed by atoms with Gasteiger partial charge in [-0.05, 0) is 67.7 Å². The van der Waals surface area contributed by atoms with Gasteiger partial charge in [-0.1, -0.05) is 6.07 Å². The van der Waals surface area contributed by atoms with Crippen LogP contribution in [0.3, 0.4) is 0 Å². The maximum atomic E-state index is 12.6. The van der Waals surface area contributed by atoms with Gasteiger partial charge in [0.1, 0.15) is 0 Å². The maximum absolute atomic E-state index is 12.6. The van der Waals surface area contributed by atoms with E-state index < -0.39 is 16.1 Å². The summed E-state index contributed by atoms with van der Waals surface area (Å²) in [5, 5.41) is 10.4. The van der Waals surface area contributed by atoms with Crippen molar-refractivity contribution < 1.29 is 18.3 Å². The minimum absolute atomic E-state index is 0.0531. The van der Waals surface area contributed by atoms with Gasteiger partial charge in [0.25, 0.3) is 0 Å². The van der Waals surface area contributed by atoms with Crippen LogP contribution in [0.5, 0.6) is 0 Å². The number of fused-ring (bicyclic) bond motifs is 1. The third kappa shape index (κ3) is 2.86. The Morgan fingerprint density at radius 3 is 2.69 bits per heavy atom. The van der Waals surface area contributed by atoms with Gasteiger partial charge in [0.05, 0.1) is 17.0 Å². The summed E-state index contributed by atoms with van der Waals surface area (Å²) >= 11 is 0. The molecular formula is C19H26N2O4S. The molecule has 0 radical (unpaired) electrons. The molecule has 2 aliphatic carbocycles. The Kier molecular flexibility index (Phi) is 4.36. The van der Waals surface area contributed by atoms with Gasteiger partial charge in [0.15, 0.2) is 0 Å². The molecule has 3 aliphatic rings. The van der Waals surface area contributed by atoms with Crippen LogP contribution in [0.15, 0.2) is 23.1 Å². The first kappa shape index (κ1) is 17.9. The van der Waals surface area contributed by atoms with Gasteiger partial charge in [-0.25, -0.2) is 13.1 Å². The molecule has 1 saturated heterocycles. The highest BCUT2D eigenvalue weighted by atomic mass is 32.2. The van der Waals surface area contributed by atoms with Crippen LogP contribution in [0.4, 0.5) is 0 Å². The maximum Gasteiger partial charge on any atom is 0.240 e. The van der Waals surface area contributed by atoms with Crippen molar-refractivity contribution in [3.8, 4) is 0 Å². The van der Waals surface area contributed by atoms with Crippen molar-refractivity contribution in [2.75, 3.05) is 13.1 Å². The lowest BCUT2D eigenvalue weighted by atomic mass is 9.88. The molecule has 2 bridgehead atoms. The van der Waals surface area contributed by atoms with E-state index in [4.69, 9.17) is 0 Å². The van der Waals surface area contributed by atoms with Crippen molar-refractivity contribution in [1.29, 1.82) is 0 Å². The molecular weight excluding hydrogens is 352 g/mol. The number of rotatable bonds is 5. The quantitative estimate of drug-likeness (QED) is 0.806. The number of amides is 1. The Hall–Kier alpha value is -1.44. The highest BCUT2D eigenvalue weighted by Gasteiger charge is 2.59. The summed E-state index contributed by atoms with van der Waals surface area (Å²) in [6.07, 6.45) is 1.76. The van der Waals surface area contributed by atoms with Gasteiger partial charge in [0.2, 0.25) is 15.9 Å². The Bertz CT molecular complexity index is 836. The average molecular weight is 378 g/mol. The summed E-state index contributed by atoms with van der Waals surface area (Å²) in [6, 6.07) is 4.96. The molecule has 0 spiro atoms. The summed E-state index contributed by atoms with van der Waals surface area (Å²) in [7, 11) is -3.62. The zero-order valence-corrected chi connectivity index (χ0v) is 16.0. The van der Waals surface area contributed by atoms with Crippen LogP contribution in [-0.4, -0.2) is 49.6 Å². The molecule has 1 aliphatic heterocycles. The molecule has 6 nitrogen and oxygen atoms in total. The fraction of sp³-hybridized carbons (Fsp3) is 0.632. The molecule has 2 saturated carbocycles. The molecule has 26 heavy (non-hydrogen) atoms. The molecule has 142 valence electrons. The topological polar surface area (TPSA) is 86.7 Å². The number of sulfonamides is 1. The zero-order chi connectivity index (χ0) is 18.6. The van der Waals surface area contributed by atoms with E-state index in [2.05, 4.69) is 4.72 Å². The van der Waals surface area contributed by atoms with E-state index in [0.29, 0.717) is 24.3 Å². The molecule has 0 unspecified atom stereocenters. The molecule has 1 aromatic rings. The van der Waals surface area contributed by atoms with Crippen molar-refractivity contribution in [3.05, 3.63) is 29.3 Å². The number of hydrogen-bond acceptors (Lipinski definition) is 4. The normalized spacial score (nSPS) is 32.4. The molecule has 4 rings (SSSR count). The summed E-state index contributed by atoms with van der Waals surface area (Å²) in [6.45, 7) is 4.60. The van der Waals surface area contributed by atoms with Gasteiger partial charge in [-0.15, -0.1) is 0 Å². The van der Waals surface area contributed by atoms with Crippen molar-refractivity contribution in [2.45, 2.75) is 50.2 Å². The largest absolute Gasteiger partial charge is 0.391 e. The second-order valence-corrected chi connectivity index (χ2v) is 9.84. The number of hydrogen-bond donors (Lipinski definition) is 2. The standard InChI is InChI=1S/C19H26N2O4S/c1-11-3-4-15(7-12(11)2)26(24,25)20-6-5-17(22)21-10-14-8-13-9-16(14)18(21)19(13)23/h3-4,7,13-14,16,18-20,23H,5-6,8-10H2,1-2H3/t13-,14-,16+,18+,19-/m0/s1. The number of benzene rings is 1. The monoisotopic (exact) mass is 378 g/mol. The highest BCUT2D eigenvalue weighted by Crippen LogP contribution is 2.54. The first-order valence-corrected chi connectivity index (χ1v) is 10.8. The number of likely N-dealkylation sites (tertiary alicyclic amines) is 1. The van der Waals surface area contributed by atoms with Crippen molar-refractivity contribution in [2.24, 2.45) is 17.8 Å². The van der Waals surface area contributed by atoms with Crippen LogP contribution in [-0.2, 0) is 14.8 Å². The first-order chi connectivity index (χ1) is 12.3. The van der Waals surface area contributed by atoms with E-state index in [1.54, 1.807) is 23.1 Å². The summed E-state index contributed by atoms with van der Waals surface area (Å²) in [5.74, 6) is 1.23. The van der Waals surface area contributed by atoms with Gasteiger partial charge in [-0.3, -0.25) is 4.79 Å². The van der Waals surface area contributed by atoms with Gasteiger partial charge >= 0.3 is 0 Å². The zero-order valence-electron chi connectivity index (χ0n) is 15.2. The van der Waals surface area contributed by atoms with Crippen molar-refractivity contribution in [3.63, 3.8) is 0 Å². The first-order valence-electron chi connectivity index (χ1n) is 9.32. The van der Waals surface area contributed by atoms with Crippen LogP contribution in [0.2, 0.25) is 0 Å². The fourth-order valence-corrected chi connectivity index (χ4v) is 6.22. The van der Waals surface area contributed by atoms with Crippen molar-refractivity contribution >= 4 is 15.9 Å². The number of nitrogens with zero attached hydrogens (tertiary/aromatic N) is 1. The lowest BCUT2D eigenvalue weighted by molar-refractivity contribution is -0.133. The minimum atomic E-state index is -3.62. The number of aryl methyl sites for hydroxylation is 2. The number of carbonyl (C=O) groups excluding carboxylic acids is 1. The second kappa shape index (κ2) is 6.32. The van der Waals surface area contributed by atoms with Gasteiger partial charge in [0, 0.05) is 19.5 Å². The van der Waals surface area contributed by atoms with E-state index in [0.717, 1.165) is 24.0 Å². The number of nitrogens with one attached hydrogen (secondary N) is 1. The lowest BCUT2D eigenvalue weighted by Gasteiger charge is -2.29. The summed E-state index contributed by atoms with van der Waals surface area (Å²) < 4.78 is 27.4. The predicted molar refractivity (Wildman–Crippen MR) is 96.9 cm³/mol.